The van der Waals surface area contributed by atoms with Crippen molar-refractivity contribution in [1.29, 1.82) is 0 Å². The van der Waals surface area contributed by atoms with E-state index in [0.717, 1.165) is 30.5 Å². The molecule has 6 rings (SSSR count). The van der Waals surface area contributed by atoms with Crippen molar-refractivity contribution in [3.8, 4) is 5.75 Å². The number of ether oxygens (including phenoxy) is 1. The molecular weight excluding hydrogens is 451 g/mol. The van der Waals surface area contributed by atoms with Gasteiger partial charge in [-0.25, -0.2) is 13.8 Å². The summed E-state index contributed by atoms with van der Waals surface area (Å²) in [6.07, 6.45) is 2.35. The number of alkyl halides is 1. The lowest BCUT2D eigenvalue weighted by Crippen LogP contribution is -2.48. The summed E-state index contributed by atoms with van der Waals surface area (Å²) in [5.74, 6) is -1.67. The summed E-state index contributed by atoms with van der Waals surface area (Å²) in [7, 11) is 0. The van der Waals surface area contributed by atoms with E-state index >= 15 is 8.78 Å². The van der Waals surface area contributed by atoms with E-state index in [1.807, 2.05) is 30.3 Å². The number of benzene rings is 2. The Morgan fingerprint density at radius 1 is 1.18 bits per heavy atom. The normalized spacial score (nSPS) is 28.4. The van der Waals surface area contributed by atoms with Gasteiger partial charge in [-0.1, -0.05) is 41.9 Å². The number of halogens is 4. The summed E-state index contributed by atoms with van der Waals surface area (Å²) in [5.41, 5.74) is 1.40. The largest absolute Gasteiger partial charge is 0.480 e. The van der Waals surface area contributed by atoms with Crippen molar-refractivity contribution >= 4 is 11.6 Å². The number of aryl methyl sites for hydroxylation is 1. The maximum absolute atomic E-state index is 15.7. The number of hydrogen-bond acceptors (Lipinski definition) is 3. The zero-order valence-corrected chi connectivity index (χ0v) is 18.6. The van der Waals surface area contributed by atoms with Crippen LogP contribution in [0.2, 0.25) is 5.02 Å². The van der Waals surface area contributed by atoms with Gasteiger partial charge in [0.2, 0.25) is 5.95 Å². The molecule has 0 saturated carbocycles. The summed E-state index contributed by atoms with van der Waals surface area (Å²) >= 11 is 6.49. The molecule has 33 heavy (non-hydrogen) atoms. The predicted molar refractivity (Wildman–Crippen MR) is 118 cm³/mol. The Labute approximate surface area is 194 Å². The zero-order chi connectivity index (χ0) is 22.7. The van der Waals surface area contributed by atoms with Gasteiger partial charge in [0, 0.05) is 30.5 Å². The molecule has 1 saturated heterocycles. The Balaban J connectivity index is 1.48. The second-order valence-electron chi connectivity index (χ2n) is 9.16. The Bertz CT molecular complexity index is 1210. The van der Waals surface area contributed by atoms with Crippen LogP contribution in [0.3, 0.4) is 0 Å². The molecule has 4 heterocycles. The monoisotopic (exact) mass is 473 g/mol. The Morgan fingerprint density at radius 2 is 2.00 bits per heavy atom. The molecule has 0 spiro atoms. The van der Waals surface area contributed by atoms with Gasteiger partial charge in [0.15, 0.2) is 11.8 Å². The van der Waals surface area contributed by atoms with Gasteiger partial charge in [-0.15, -0.1) is 0 Å². The second-order valence-corrected chi connectivity index (χ2v) is 9.54. The third-order valence-electron chi connectivity index (χ3n) is 7.37. The number of nitrogens with zero attached hydrogens (tertiary/aromatic N) is 2. The van der Waals surface area contributed by atoms with Gasteiger partial charge in [0.25, 0.3) is 0 Å². The molecule has 2 unspecified atom stereocenters. The van der Waals surface area contributed by atoms with Gasteiger partial charge in [0.05, 0.1) is 17.3 Å². The van der Waals surface area contributed by atoms with Crippen LogP contribution in [-0.2, 0) is 18.6 Å². The summed E-state index contributed by atoms with van der Waals surface area (Å²) < 4.78 is 52.4. The molecule has 8 heteroatoms. The van der Waals surface area contributed by atoms with Gasteiger partial charge in [0.1, 0.15) is 17.4 Å². The Kier molecular flexibility index (Phi) is 4.96. The highest BCUT2D eigenvalue weighted by atomic mass is 35.5. The van der Waals surface area contributed by atoms with Gasteiger partial charge in [-0.05, 0) is 36.9 Å². The lowest BCUT2D eigenvalue weighted by atomic mass is 9.78. The van der Waals surface area contributed by atoms with Crippen molar-refractivity contribution in [1.82, 2.24) is 14.9 Å². The molecule has 0 radical (unpaired) electrons. The first kappa shape index (κ1) is 21.1. The fourth-order valence-electron chi connectivity index (χ4n) is 5.87. The van der Waals surface area contributed by atoms with Crippen LogP contribution in [0.5, 0.6) is 5.75 Å². The number of aromatic nitrogens is 2. The van der Waals surface area contributed by atoms with Crippen molar-refractivity contribution in [2.24, 2.45) is 0 Å². The average molecular weight is 474 g/mol. The van der Waals surface area contributed by atoms with Crippen LogP contribution in [0, 0.1) is 11.8 Å². The molecule has 1 aromatic heterocycles. The van der Waals surface area contributed by atoms with Crippen molar-refractivity contribution in [3.63, 3.8) is 0 Å². The van der Waals surface area contributed by atoms with Crippen LogP contribution in [-0.4, -0.2) is 22.1 Å². The maximum atomic E-state index is 15.7. The SMILES string of the molecule is Fc1cn2c(n1)C(F)C(c1c(Cl)c(F)cc3c1C[C@](c1ccccc1)([C@@H]1CCCN1)O3)CC2. The van der Waals surface area contributed by atoms with Crippen molar-refractivity contribution in [2.45, 2.75) is 56.0 Å². The predicted octanol–water partition coefficient (Wildman–Crippen LogP) is 5.60. The fourth-order valence-corrected chi connectivity index (χ4v) is 6.17. The highest BCUT2D eigenvalue weighted by Gasteiger charge is 2.51. The van der Waals surface area contributed by atoms with Crippen LogP contribution in [0.25, 0.3) is 0 Å². The van der Waals surface area contributed by atoms with Gasteiger partial charge >= 0.3 is 0 Å². The van der Waals surface area contributed by atoms with Crippen LogP contribution in [0.4, 0.5) is 13.2 Å². The molecular formula is C25H23ClF3N3O. The minimum atomic E-state index is -1.59. The van der Waals surface area contributed by atoms with Gasteiger partial charge in [-0.3, -0.25) is 0 Å². The van der Waals surface area contributed by atoms with Crippen LogP contribution in [0.15, 0.2) is 42.6 Å². The molecule has 4 nitrogen and oxygen atoms in total. The number of nitrogens with one attached hydrogen (secondary N) is 1. The zero-order valence-electron chi connectivity index (χ0n) is 17.8. The lowest BCUT2D eigenvalue weighted by molar-refractivity contribution is 0.0538. The van der Waals surface area contributed by atoms with Crippen LogP contribution in [0.1, 0.15) is 53.9 Å². The number of hydrogen-bond donors (Lipinski definition) is 1. The summed E-state index contributed by atoms with van der Waals surface area (Å²) in [6, 6.07) is 11.2. The minimum absolute atomic E-state index is 0.0172. The topological polar surface area (TPSA) is 39.1 Å². The number of rotatable bonds is 3. The van der Waals surface area contributed by atoms with E-state index in [4.69, 9.17) is 16.3 Å². The van der Waals surface area contributed by atoms with E-state index < -0.39 is 29.5 Å². The van der Waals surface area contributed by atoms with E-state index in [9.17, 15) is 4.39 Å². The summed E-state index contributed by atoms with van der Waals surface area (Å²) in [6.45, 7) is 1.26. The molecule has 4 atom stereocenters. The van der Waals surface area contributed by atoms with Gasteiger partial charge in [-0.2, -0.15) is 4.39 Å². The quantitative estimate of drug-likeness (QED) is 0.538. The van der Waals surface area contributed by atoms with Gasteiger partial charge < -0.3 is 14.6 Å². The van der Waals surface area contributed by atoms with Crippen molar-refractivity contribution < 1.29 is 17.9 Å². The Morgan fingerprint density at radius 3 is 2.76 bits per heavy atom. The maximum Gasteiger partial charge on any atom is 0.231 e. The van der Waals surface area contributed by atoms with Crippen molar-refractivity contribution in [3.05, 3.63) is 81.9 Å². The lowest BCUT2D eigenvalue weighted by Gasteiger charge is -2.35. The van der Waals surface area contributed by atoms with E-state index in [0.29, 0.717) is 30.7 Å². The van der Waals surface area contributed by atoms with E-state index in [1.165, 1.54) is 16.8 Å². The van der Waals surface area contributed by atoms with Crippen LogP contribution < -0.4 is 10.1 Å². The molecule has 3 aromatic rings. The van der Waals surface area contributed by atoms with E-state index in [-0.39, 0.29) is 16.9 Å². The molecule has 172 valence electrons. The highest BCUT2D eigenvalue weighted by molar-refractivity contribution is 6.31. The highest BCUT2D eigenvalue weighted by Crippen LogP contribution is 2.53. The first-order chi connectivity index (χ1) is 16.0. The number of fused-ring (bicyclic) bond motifs is 2. The van der Waals surface area contributed by atoms with E-state index in [1.54, 1.807) is 0 Å². The molecule has 2 aromatic carbocycles. The first-order valence-corrected chi connectivity index (χ1v) is 11.7. The smallest absolute Gasteiger partial charge is 0.231 e. The standard InChI is InChI=1S/C25H23ClF3N3O/c26-22-17(27)11-18-16(21(22)15-8-10-32-13-20(28)31-24(32)23(15)29)12-25(33-18,19-7-4-9-30-19)14-5-2-1-3-6-14/h1-3,5-6,11,13,15,19,23,30H,4,7-10,12H2/t15?,19-,23?,25-/m0/s1. The number of imidazole rings is 1. The van der Waals surface area contributed by atoms with Crippen molar-refractivity contribution in [2.75, 3.05) is 6.54 Å². The molecule has 1 fully saturated rings. The molecule has 0 aliphatic carbocycles. The third-order valence-corrected chi connectivity index (χ3v) is 7.76. The second kappa shape index (κ2) is 7.77. The molecule has 3 aliphatic heterocycles. The third kappa shape index (κ3) is 3.20. The van der Waals surface area contributed by atoms with E-state index in [2.05, 4.69) is 10.3 Å². The van der Waals surface area contributed by atoms with Crippen LogP contribution >= 0.6 is 11.6 Å². The molecule has 0 bridgehead atoms. The summed E-state index contributed by atoms with van der Waals surface area (Å²) in [5, 5.41) is 3.46. The average Bonchev–Trinajstić information content (AvgIpc) is 3.55. The fraction of sp³-hybridized carbons (Fsp3) is 0.400. The molecule has 1 N–H and O–H groups in total. The Hall–Kier alpha value is -2.51. The molecule has 0 amide bonds. The molecule has 3 aliphatic rings. The summed E-state index contributed by atoms with van der Waals surface area (Å²) in [4.78, 5) is 3.74. The first-order valence-electron chi connectivity index (χ1n) is 11.3. The minimum Gasteiger partial charge on any atom is -0.480 e.